The molecule has 3 N–H and O–H groups in total. The van der Waals surface area contributed by atoms with E-state index in [-0.39, 0.29) is 48.5 Å². The molecule has 2 fully saturated rings. The molecule has 1 saturated heterocycles. The van der Waals surface area contributed by atoms with E-state index in [1.807, 2.05) is 24.3 Å². The minimum atomic E-state index is -0.286. The second-order valence-electron chi connectivity index (χ2n) is 6.60. The summed E-state index contributed by atoms with van der Waals surface area (Å²) >= 11 is 0. The van der Waals surface area contributed by atoms with Gasteiger partial charge in [0, 0.05) is 12.2 Å². The van der Waals surface area contributed by atoms with Gasteiger partial charge in [-0.15, -0.1) is 12.4 Å². The van der Waals surface area contributed by atoms with Gasteiger partial charge in [0.1, 0.15) is 6.54 Å². The van der Waals surface area contributed by atoms with Crippen molar-refractivity contribution < 1.29 is 14.4 Å². The van der Waals surface area contributed by atoms with Crippen molar-refractivity contribution in [3.63, 3.8) is 0 Å². The molecular weight excluding hydrogens is 342 g/mol. The summed E-state index contributed by atoms with van der Waals surface area (Å²) in [5, 5.41) is 2.78. The lowest BCUT2D eigenvalue weighted by molar-refractivity contribution is -0.143. The fourth-order valence-corrected chi connectivity index (χ4v) is 3.62. The number of carbonyl (C=O) groups excluding carboxylic acids is 3. The highest BCUT2D eigenvalue weighted by atomic mass is 35.5. The molecule has 0 spiro atoms. The number of imide groups is 1. The predicted molar refractivity (Wildman–Crippen MR) is 97.0 cm³/mol. The van der Waals surface area contributed by atoms with E-state index in [0.717, 1.165) is 36.1 Å². The molecule has 2 unspecified atom stereocenters. The molecule has 2 aliphatic rings. The maximum atomic E-state index is 12.3. The number of nitrogens with one attached hydrogen (secondary N) is 1. The molecule has 7 heteroatoms. The van der Waals surface area contributed by atoms with Crippen LogP contribution in [-0.2, 0) is 20.8 Å². The monoisotopic (exact) mass is 365 g/mol. The van der Waals surface area contributed by atoms with Crippen LogP contribution in [0.15, 0.2) is 24.3 Å². The maximum absolute atomic E-state index is 12.3. The summed E-state index contributed by atoms with van der Waals surface area (Å²) in [4.78, 5) is 37.9. The number of amides is 3. The summed E-state index contributed by atoms with van der Waals surface area (Å²) in [7, 11) is 0. The van der Waals surface area contributed by atoms with Gasteiger partial charge < -0.3 is 11.1 Å². The lowest BCUT2D eigenvalue weighted by Gasteiger charge is -2.19. The topological polar surface area (TPSA) is 92.5 Å². The van der Waals surface area contributed by atoms with Crippen molar-refractivity contribution in [1.82, 2.24) is 10.2 Å². The zero-order valence-corrected chi connectivity index (χ0v) is 14.9. The number of nitrogen functional groups attached to an aromatic ring is 1. The van der Waals surface area contributed by atoms with Gasteiger partial charge >= 0.3 is 0 Å². The van der Waals surface area contributed by atoms with Crippen molar-refractivity contribution in [2.75, 3.05) is 18.8 Å². The molecule has 0 radical (unpaired) electrons. The number of likely N-dealkylation sites (tertiary alicyclic amines) is 1. The van der Waals surface area contributed by atoms with Gasteiger partial charge in [0.15, 0.2) is 0 Å². The van der Waals surface area contributed by atoms with Crippen LogP contribution < -0.4 is 11.1 Å². The first kappa shape index (κ1) is 19.2. The number of hydrogen-bond acceptors (Lipinski definition) is 4. The third-order valence-corrected chi connectivity index (χ3v) is 4.95. The molecule has 1 aliphatic heterocycles. The maximum Gasteiger partial charge on any atom is 0.240 e. The lowest BCUT2D eigenvalue weighted by Crippen LogP contribution is -2.41. The van der Waals surface area contributed by atoms with Crippen molar-refractivity contribution in [3.05, 3.63) is 29.8 Å². The normalized spacial score (nSPS) is 22.3. The Balaban J connectivity index is 0.00000225. The van der Waals surface area contributed by atoms with Crippen molar-refractivity contribution in [3.8, 4) is 0 Å². The average Bonchev–Trinajstić information content (AvgIpc) is 2.82. The molecule has 1 saturated carbocycles. The Kier molecular flexibility index (Phi) is 6.42. The van der Waals surface area contributed by atoms with Crippen LogP contribution in [0.1, 0.15) is 31.2 Å². The molecule has 1 aromatic rings. The van der Waals surface area contributed by atoms with Gasteiger partial charge in [-0.3, -0.25) is 19.3 Å². The predicted octanol–water partition coefficient (Wildman–Crippen LogP) is 1.52. The summed E-state index contributed by atoms with van der Waals surface area (Å²) < 4.78 is 0. The summed E-state index contributed by atoms with van der Waals surface area (Å²) in [5.74, 6) is -1.02. The number of halogens is 1. The van der Waals surface area contributed by atoms with Crippen LogP contribution in [0.5, 0.6) is 0 Å². The SMILES string of the molecule is Cl.Nc1ccc(CCNC(=O)CN2C(=O)C3CCCCC3C2=O)cc1. The van der Waals surface area contributed by atoms with E-state index in [4.69, 9.17) is 5.73 Å². The van der Waals surface area contributed by atoms with Crippen molar-refractivity contribution in [2.24, 2.45) is 11.8 Å². The average molecular weight is 366 g/mol. The van der Waals surface area contributed by atoms with Gasteiger partial charge in [-0.1, -0.05) is 25.0 Å². The molecule has 3 amide bonds. The Bertz CT molecular complexity index is 623. The van der Waals surface area contributed by atoms with Gasteiger partial charge in [0.05, 0.1) is 11.8 Å². The number of anilines is 1. The summed E-state index contributed by atoms with van der Waals surface area (Å²) in [5.41, 5.74) is 7.41. The van der Waals surface area contributed by atoms with Gasteiger partial charge in [-0.2, -0.15) is 0 Å². The van der Waals surface area contributed by atoms with Crippen LogP contribution in [-0.4, -0.2) is 35.7 Å². The molecule has 3 rings (SSSR count). The van der Waals surface area contributed by atoms with Gasteiger partial charge in [-0.25, -0.2) is 0 Å². The number of hydrogen-bond donors (Lipinski definition) is 2. The first-order valence-electron chi connectivity index (χ1n) is 8.52. The molecular formula is C18H24ClN3O3. The van der Waals surface area contributed by atoms with Crippen LogP contribution >= 0.6 is 12.4 Å². The van der Waals surface area contributed by atoms with Crippen LogP contribution in [0.25, 0.3) is 0 Å². The third-order valence-electron chi connectivity index (χ3n) is 4.95. The van der Waals surface area contributed by atoms with E-state index in [0.29, 0.717) is 18.7 Å². The minimum Gasteiger partial charge on any atom is -0.399 e. The number of rotatable bonds is 5. The first-order chi connectivity index (χ1) is 11.6. The van der Waals surface area contributed by atoms with Crippen molar-refractivity contribution in [2.45, 2.75) is 32.1 Å². The molecule has 0 bridgehead atoms. The Labute approximate surface area is 153 Å². The van der Waals surface area contributed by atoms with E-state index >= 15 is 0 Å². The van der Waals surface area contributed by atoms with E-state index in [1.54, 1.807) is 0 Å². The highest BCUT2D eigenvalue weighted by Gasteiger charge is 2.48. The summed E-state index contributed by atoms with van der Waals surface area (Å²) in [6.07, 6.45) is 4.19. The number of nitrogens with two attached hydrogens (primary N) is 1. The number of benzene rings is 1. The molecule has 1 heterocycles. The Morgan fingerprint density at radius 3 is 2.20 bits per heavy atom. The first-order valence-corrected chi connectivity index (χ1v) is 8.52. The number of carbonyl (C=O) groups is 3. The van der Waals surface area contributed by atoms with Crippen LogP contribution in [0.3, 0.4) is 0 Å². The van der Waals surface area contributed by atoms with Gasteiger partial charge in [0.2, 0.25) is 17.7 Å². The van der Waals surface area contributed by atoms with Gasteiger partial charge in [-0.05, 0) is 37.0 Å². The van der Waals surface area contributed by atoms with E-state index in [1.165, 1.54) is 0 Å². The minimum absolute atomic E-state index is 0. The molecule has 2 atom stereocenters. The second-order valence-corrected chi connectivity index (χ2v) is 6.60. The molecule has 6 nitrogen and oxygen atoms in total. The van der Waals surface area contributed by atoms with E-state index in [9.17, 15) is 14.4 Å². The highest BCUT2D eigenvalue weighted by molar-refractivity contribution is 6.07. The summed E-state index contributed by atoms with van der Waals surface area (Å²) in [6.45, 7) is 0.304. The molecule has 136 valence electrons. The van der Waals surface area contributed by atoms with E-state index < -0.39 is 0 Å². The molecule has 25 heavy (non-hydrogen) atoms. The Morgan fingerprint density at radius 2 is 1.64 bits per heavy atom. The molecule has 1 aromatic carbocycles. The second kappa shape index (κ2) is 8.34. The fourth-order valence-electron chi connectivity index (χ4n) is 3.62. The third kappa shape index (κ3) is 4.31. The largest absolute Gasteiger partial charge is 0.399 e. The van der Waals surface area contributed by atoms with Crippen molar-refractivity contribution >= 4 is 35.8 Å². The highest BCUT2D eigenvalue weighted by Crippen LogP contribution is 2.37. The fraction of sp³-hybridized carbons (Fsp3) is 0.500. The van der Waals surface area contributed by atoms with Crippen molar-refractivity contribution in [1.29, 1.82) is 0 Å². The Hall–Kier alpha value is -2.08. The summed E-state index contributed by atoms with van der Waals surface area (Å²) in [6, 6.07) is 7.47. The zero-order chi connectivity index (χ0) is 17.1. The van der Waals surface area contributed by atoms with Crippen LogP contribution in [0, 0.1) is 11.8 Å². The van der Waals surface area contributed by atoms with Crippen LogP contribution in [0.2, 0.25) is 0 Å². The standard InChI is InChI=1S/C18H23N3O3.ClH/c19-13-7-5-12(6-8-13)9-10-20-16(22)11-21-17(23)14-3-1-2-4-15(14)18(21)24;/h5-8,14-15H,1-4,9-11,19H2,(H,20,22);1H. The van der Waals surface area contributed by atoms with Gasteiger partial charge in [0.25, 0.3) is 0 Å². The number of nitrogens with zero attached hydrogens (tertiary/aromatic N) is 1. The molecule has 1 aliphatic carbocycles. The molecule has 0 aromatic heterocycles. The van der Waals surface area contributed by atoms with E-state index in [2.05, 4.69) is 5.32 Å². The van der Waals surface area contributed by atoms with Crippen LogP contribution in [0.4, 0.5) is 5.69 Å². The quantitative estimate of drug-likeness (QED) is 0.611. The smallest absolute Gasteiger partial charge is 0.240 e. The zero-order valence-electron chi connectivity index (χ0n) is 14.1. The Morgan fingerprint density at radius 1 is 1.08 bits per heavy atom. The number of fused-ring (bicyclic) bond motifs is 1. The lowest BCUT2D eigenvalue weighted by atomic mass is 9.81.